The van der Waals surface area contributed by atoms with Gasteiger partial charge in [-0.3, -0.25) is 4.79 Å². The van der Waals surface area contributed by atoms with Crippen molar-refractivity contribution < 1.29 is 15.0 Å². The predicted octanol–water partition coefficient (Wildman–Crippen LogP) is 5.02. The van der Waals surface area contributed by atoms with Gasteiger partial charge in [-0.25, -0.2) is 0 Å². The first kappa shape index (κ1) is 22.8. The first-order chi connectivity index (χ1) is 16.2. The zero-order valence-electron chi connectivity index (χ0n) is 21.1. The summed E-state index contributed by atoms with van der Waals surface area (Å²) in [6.45, 7) is 2.53. The molecule has 2 unspecified atom stereocenters. The van der Waals surface area contributed by atoms with Crippen LogP contribution in [0.15, 0.2) is 29.8 Å². The molecule has 0 aliphatic heterocycles. The molecule has 1 aromatic carbocycles. The summed E-state index contributed by atoms with van der Waals surface area (Å²) in [7, 11) is 4.22. The number of aliphatic hydroxyl groups excluding tert-OH is 1. The lowest BCUT2D eigenvalue weighted by Gasteiger charge is -2.65. The Kier molecular flexibility index (Phi) is 5.14. The van der Waals surface area contributed by atoms with Crippen LogP contribution in [-0.4, -0.2) is 42.3 Å². The fraction of sp³-hybridized carbons (Fsp3) is 0.700. The summed E-state index contributed by atoms with van der Waals surface area (Å²) in [5.74, 6) is 2.48. The highest BCUT2D eigenvalue weighted by Crippen LogP contribution is 2.73. The topological polar surface area (TPSA) is 60.8 Å². The van der Waals surface area contributed by atoms with E-state index in [-0.39, 0.29) is 17.4 Å². The van der Waals surface area contributed by atoms with Crippen LogP contribution in [0.4, 0.5) is 5.69 Å². The van der Waals surface area contributed by atoms with Crippen LogP contribution in [0, 0.1) is 28.6 Å². The molecule has 4 nitrogen and oxygen atoms in total. The summed E-state index contributed by atoms with van der Waals surface area (Å²) >= 11 is 0. The maximum absolute atomic E-state index is 12.5. The van der Waals surface area contributed by atoms with E-state index in [9.17, 15) is 15.0 Å². The third-order valence-corrected chi connectivity index (χ3v) is 11.3. The molecule has 1 aromatic rings. The van der Waals surface area contributed by atoms with E-state index in [0.717, 1.165) is 44.9 Å². The molecule has 0 aromatic heterocycles. The Hall–Kier alpha value is -1.65. The minimum Gasteiger partial charge on any atom is -0.396 e. The van der Waals surface area contributed by atoms with E-state index in [1.54, 1.807) is 0 Å². The quantitative estimate of drug-likeness (QED) is 0.658. The Labute approximate surface area is 204 Å². The molecule has 0 saturated heterocycles. The second kappa shape index (κ2) is 7.67. The number of hydrogen-bond donors (Lipinski definition) is 2. The molecule has 0 radical (unpaired) electrons. The number of ketones is 1. The second-order valence-electron chi connectivity index (χ2n) is 12.7. The first-order valence-electron chi connectivity index (χ1n) is 13.6. The van der Waals surface area contributed by atoms with E-state index in [4.69, 9.17) is 0 Å². The normalized spacial score (nSPS) is 42.3. The van der Waals surface area contributed by atoms with Gasteiger partial charge in [0.25, 0.3) is 0 Å². The van der Waals surface area contributed by atoms with Crippen molar-refractivity contribution in [3.8, 4) is 0 Å². The number of hydrogen-bond acceptors (Lipinski definition) is 4. The molecule has 4 heteroatoms. The number of carbonyl (C=O) groups is 1. The molecular formula is C30H41NO3. The summed E-state index contributed by atoms with van der Waals surface area (Å²) < 4.78 is 0. The fourth-order valence-electron chi connectivity index (χ4n) is 9.75. The smallest absolute Gasteiger partial charge is 0.155 e. The van der Waals surface area contributed by atoms with Gasteiger partial charge in [0, 0.05) is 32.8 Å². The van der Waals surface area contributed by atoms with Crippen molar-refractivity contribution in [2.45, 2.75) is 82.7 Å². The number of carbonyl (C=O) groups excluding carboxylic acids is 1. The Morgan fingerprint density at radius 2 is 1.97 bits per heavy atom. The van der Waals surface area contributed by atoms with E-state index in [1.165, 1.54) is 22.4 Å². The molecule has 3 fully saturated rings. The molecule has 2 N–H and O–H groups in total. The Morgan fingerprint density at radius 1 is 1.15 bits per heavy atom. The summed E-state index contributed by atoms with van der Waals surface area (Å²) in [5.41, 5.74) is 4.97. The molecule has 5 aliphatic rings. The van der Waals surface area contributed by atoms with Gasteiger partial charge in [-0.2, -0.15) is 0 Å². The maximum Gasteiger partial charge on any atom is 0.155 e. The van der Waals surface area contributed by atoms with Crippen LogP contribution >= 0.6 is 0 Å². The van der Waals surface area contributed by atoms with Crippen LogP contribution in [0.2, 0.25) is 0 Å². The van der Waals surface area contributed by atoms with E-state index in [2.05, 4.69) is 44.1 Å². The lowest BCUT2D eigenvalue weighted by Crippen LogP contribution is -2.59. The monoisotopic (exact) mass is 463 g/mol. The minimum atomic E-state index is -0.682. The highest BCUT2D eigenvalue weighted by Gasteiger charge is 2.68. The van der Waals surface area contributed by atoms with Crippen molar-refractivity contribution in [1.82, 2.24) is 0 Å². The summed E-state index contributed by atoms with van der Waals surface area (Å²) in [6, 6.07) is 7.06. The van der Waals surface area contributed by atoms with Gasteiger partial charge < -0.3 is 15.1 Å². The molecule has 6 rings (SSSR count). The van der Waals surface area contributed by atoms with Crippen molar-refractivity contribution in [3.63, 3.8) is 0 Å². The van der Waals surface area contributed by atoms with Gasteiger partial charge in [0.1, 0.15) is 0 Å². The van der Waals surface area contributed by atoms with Crippen molar-refractivity contribution in [2.75, 3.05) is 25.6 Å². The largest absolute Gasteiger partial charge is 0.396 e. The summed E-state index contributed by atoms with van der Waals surface area (Å²) in [6.07, 6.45) is 11.4. The molecule has 0 bridgehead atoms. The van der Waals surface area contributed by atoms with Crippen LogP contribution < -0.4 is 4.90 Å². The number of nitrogens with zero attached hydrogens (tertiary/aromatic N) is 1. The number of fused-ring (bicyclic) bond motifs is 4. The van der Waals surface area contributed by atoms with Crippen LogP contribution in [0.5, 0.6) is 0 Å². The Balaban J connectivity index is 1.51. The standard InChI is InChI=1S/C30H41NO3/c1-28-18-25-23-8-6-21(31(2)3)15-19(23)17-29-12-9-22(33)16-20(29)5-7-24(27(25)29)26(28)10-13-30(28,34)11-4-14-32/h6,8,15-16,24-27,32,34H,4-5,7,9-14,17-18H2,1-3H3/t24-,25?,26-,27?,28-,29+,30-/m0/s1. The number of aliphatic hydroxyl groups is 2. The van der Waals surface area contributed by atoms with Crippen LogP contribution in [0.3, 0.4) is 0 Å². The highest BCUT2D eigenvalue weighted by molar-refractivity contribution is 5.91. The van der Waals surface area contributed by atoms with Gasteiger partial charge in [-0.15, -0.1) is 0 Å². The van der Waals surface area contributed by atoms with Crippen molar-refractivity contribution >= 4 is 11.5 Å². The van der Waals surface area contributed by atoms with Crippen LogP contribution in [0.25, 0.3) is 0 Å². The molecule has 0 amide bonds. The van der Waals surface area contributed by atoms with E-state index in [0.29, 0.717) is 48.7 Å². The summed E-state index contributed by atoms with van der Waals surface area (Å²) in [4.78, 5) is 14.7. The molecule has 3 saturated carbocycles. The number of benzene rings is 1. The average molecular weight is 464 g/mol. The van der Waals surface area contributed by atoms with Crippen LogP contribution in [-0.2, 0) is 11.2 Å². The third kappa shape index (κ3) is 2.94. The molecule has 184 valence electrons. The zero-order valence-corrected chi connectivity index (χ0v) is 21.1. The maximum atomic E-state index is 12.5. The van der Waals surface area contributed by atoms with Gasteiger partial charge in [-0.1, -0.05) is 18.6 Å². The van der Waals surface area contributed by atoms with Crippen molar-refractivity contribution in [2.24, 2.45) is 28.6 Å². The molecule has 34 heavy (non-hydrogen) atoms. The Bertz CT molecular complexity index is 1050. The van der Waals surface area contributed by atoms with Crippen LogP contribution in [0.1, 0.15) is 81.8 Å². The van der Waals surface area contributed by atoms with Crippen molar-refractivity contribution in [1.29, 1.82) is 0 Å². The fourth-order valence-corrected chi connectivity index (χ4v) is 9.75. The van der Waals surface area contributed by atoms with Gasteiger partial charge in [0.15, 0.2) is 5.78 Å². The SMILES string of the molecule is CN(C)c1ccc2c(c1)C[C@]13CCC(=O)C=C1CC[C@@H]1C3C2C[C@@]2(C)[C@H]1CC[C@@]2(O)CCCO. The summed E-state index contributed by atoms with van der Waals surface area (Å²) in [5, 5.41) is 21.6. The molecular weight excluding hydrogens is 422 g/mol. The lowest BCUT2D eigenvalue weighted by molar-refractivity contribution is -0.146. The van der Waals surface area contributed by atoms with E-state index >= 15 is 0 Å². The Morgan fingerprint density at radius 3 is 2.74 bits per heavy atom. The molecule has 7 atom stereocenters. The van der Waals surface area contributed by atoms with Gasteiger partial charge in [-0.05, 0) is 122 Å². The number of rotatable bonds is 4. The highest BCUT2D eigenvalue weighted by atomic mass is 16.3. The molecule has 0 heterocycles. The van der Waals surface area contributed by atoms with Gasteiger partial charge >= 0.3 is 0 Å². The predicted molar refractivity (Wildman–Crippen MR) is 135 cm³/mol. The van der Waals surface area contributed by atoms with Gasteiger partial charge in [0.05, 0.1) is 5.60 Å². The minimum absolute atomic E-state index is 0.115. The first-order valence-corrected chi connectivity index (χ1v) is 13.6. The second-order valence-corrected chi connectivity index (χ2v) is 12.7. The average Bonchev–Trinajstić information content (AvgIpc) is 3.08. The van der Waals surface area contributed by atoms with E-state index in [1.807, 2.05) is 6.08 Å². The lowest BCUT2D eigenvalue weighted by atomic mass is 9.39. The van der Waals surface area contributed by atoms with E-state index < -0.39 is 5.60 Å². The number of anilines is 1. The third-order valence-electron chi connectivity index (χ3n) is 11.3. The molecule has 5 aliphatic carbocycles. The molecule has 1 spiro atoms. The van der Waals surface area contributed by atoms with Crippen molar-refractivity contribution in [3.05, 3.63) is 41.0 Å². The number of allylic oxidation sites excluding steroid dienone is 1. The van der Waals surface area contributed by atoms with Gasteiger partial charge in [0.2, 0.25) is 0 Å². The zero-order chi connectivity index (χ0) is 23.9.